The van der Waals surface area contributed by atoms with Crippen LogP contribution in [0.5, 0.6) is 5.75 Å². The molecule has 5 heteroatoms. The maximum atomic E-state index is 12.0. The second-order valence-corrected chi connectivity index (χ2v) is 4.77. The molecule has 20 heavy (non-hydrogen) atoms. The summed E-state index contributed by atoms with van der Waals surface area (Å²) in [4.78, 5) is 15.9. The van der Waals surface area contributed by atoms with Gasteiger partial charge in [0.15, 0.2) is 0 Å². The molecule has 0 spiro atoms. The highest BCUT2D eigenvalue weighted by atomic mass is 35.5. The minimum Gasteiger partial charge on any atom is -0.496 e. The van der Waals surface area contributed by atoms with Gasteiger partial charge in [-0.05, 0) is 36.8 Å². The van der Waals surface area contributed by atoms with Gasteiger partial charge in [0.1, 0.15) is 5.75 Å². The Labute approximate surface area is 122 Å². The number of carbonyl (C=O) groups excluding carboxylic acids is 1. The predicted octanol–water partition coefficient (Wildman–Crippen LogP) is 2.98. The molecule has 0 bridgehead atoms. The standard InChI is InChI=1S/C15H15ClN2O2/c1-10-7-13(16)8-12(14(10)20-2)9-18-15(19)11-3-5-17-6-4-11/h3-8H,9H2,1-2H3,(H,18,19). The Kier molecular flexibility index (Phi) is 4.58. The fourth-order valence-electron chi connectivity index (χ4n) is 2.00. The number of aryl methyl sites for hydroxylation is 1. The van der Waals surface area contributed by atoms with Gasteiger partial charge in [-0.2, -0.15) is 0 Å². The average molecular weight is 291 g/mol. The van der Waals surface area contributed by atoms with Crippen LogP contribution in [0.4, 0.5) is 0 Å². The van der Waals surface area contributed by atoms with Gasteiger partial charge < -0.3 is 10.1 Å². The van der Waals surface area contributed by atoms with Gasteiger partial charge in [-0.3, -0.25) is 9.78 Å². The van der Waals surface area contributed by atoms with Crippen molar-refractivity contribution in [1.29, 1.82) is 0 Å². The first-order valence-corrected chi connectivity index (χ1v) is 6.51. The Balaban J connectivity index is 2.13. The van der Waals surface area contributed by atoms with Gasteiger partial charge in [-0.15, -0.1) is 0 Å². The monoisotopic (exact) mass is 290 g/mol. The Bertz CT molecular complexity index is 615. The number of benzene rings is 1. The number of amides is 1. The van der Waals surface area contributed by atoms with Crippen LogP contribution in [-0.4, -0.2) is 18.0 Å². The van der Waals surface area contributed by atoms with Crippen LogP contribution in [0.25, 0.3) is 0 Å². The average Bonchev–Trinajstić information content (AvgIpc) is 2.45. The summed E-state index contributed by atoms with van der Waals surface area (Å²) in [6.45, 7) is 2.27. The lowest BCUT2D eigenvalue weighted by Gasteiger charge is -2.13. The summed E-state index contributed by atoms with van der Waals surface area (Å²) in [5, 5.41) is 3.46. The van der Waals surface area contributed by atoms with E-state index in [1.165, 1.54) is 0 Å². The first-order valence-electron chi connectivity index (χ1n) is 6.13. The SMILES string of the molecule is COc1c(C)cc(Cl)cc1CNC(=O)c1ccncc1. The Morgan fingerprint density at radius 3 is 2.70 bits per heavy atom. The van der Waals surface area contributed by atoms with Crippen LogP contribution < -0.4 is 10.1 Å². The van der Waals surface area contributed by atoms with Crippen molar-refractivity contribution in [3.63, 3.8) is 0 Å². The summed E-state index contributed by atoms with van der Waals surface area (Å²) < 4.78 is 5.35. The van der Waals surface area contributed by atoms with Crippen LogP contribution in [0.15, 0.2) is 36.7 Å². The van der Waals surface area contributed by atoms with E-state index in [4.69, 9.17) is 16.3 Å². The van der Waals surface area contributed by atoms with Gasteiger partial charge in [-0.25, -0.2) is 0 Å². The normalized spacial score (nSPS) is 10.2. The number of halogens is 1. The maximum Gasteiger partial charge on any atom is 0.251 e. The number of hydrogen-bond acceptors (Lipinski definition) is 3. The van der Waals surface area contributed by atoms with Crippen molar-refractivity contribution in [1.82, 2.24) is 10.3 Å². The van der Waals surface area contributed by atoms with Crippen molar-refractivity contribution in [2.45, 2.75) is 13.5 Å². The predicted molar refractivity (Wildman–Crippen MR) is 78.1 cm³/mol. The van der Waals surface area contributed by atoms with Crippen molar-refractivity contribution < 1.29 is 9.53 Å². The van der Waals surface area contributed by atoms with E-state index in [1.54, 1.807) is 37.7 Å². The largest absolute Gasteiger partial charge is 0.496 e. The number of pyridine rings is 1. The fraction of sp³-hybridized carbons (Fsp3) is 0.200. The third-order valence-electron chi connectivity index (χ3n) is 2.90. The molecule has 0 aliphatic heterocycles. The molecule has 0 atom stereocenters. The van der Waals surface area contributed by atoms with Gasteiger partial charge in [0.25, 0.3) is 5.91 Å². The van der Waals surface area contributed by atoms with Gasteiger partial charge in [0, 0.05) is 35.1 Å². The van der Waals surface area contributed by atoms with Crippen LogP contribution >= 0.6 is 11.6 Å². The Hall–Kier alpha value is -2.07. The minimum absolute atomic E-state index is 0.160. The smallest absolute Gasteiger partial charge is 0.251 e. The summed E-state index contributed by atoms with van der Waals surface area (Å²) in [5.74, 6) is 0.580. The molecule has 1 heterocycles. The highest BCUT2D eigenvalue weighted by Crippen LogP contribution is 2.27. The van der Waals surface area contributed by atoms with Crippen molar-refractivity contribution >= 4 is 17.5 Å². The summed E-state index contributed by atoms with van der Waals surface area (Å²) >= 11 is 6.03. The van der Waals surface area contributed by atoms with Crippen molar-refractivity contribution in [3.05, 3.63) is 58.4 Å². The minimum atomic E-state index is -0.160. The summed E-state index contributed by atoms with van der Waals surface area (Å²) in [5.41, 5.74) is 2.35. The Morgan fingerprint density at radius 1 is 1.35 bits per heavy atom. The molecule has 1 amide bonds. The number of aromatic nitrogens is 1. The number of hydrogen-bond donors (Lipinski definition) is 1. The van der Waals surface area contributed by atoms with Crippen molar-refractivity contribution in [3.8, 4) is 5.75 Å². The number of nitrogens with zero attached hydrogens (tertiary/aromatic N) is 1. The number of nitrogens with one attached hydrogen (secondary N) is 1. The van der Waals surface area contributed by atoms with Crippen molar-refractivity contribution in [2.75, 3.05) is 7.11 Å². The summed E-state index contributed by atoms with van der Waals surface area (Å²) in [6.07, 6.45) is 3.16. The summed E-state index contributed by atoms with van der Waals surface area (Å²) in [6, 6.07) is 6.94. The molecule has 1 aromatic heterocycles. The molecule has 104 valence electrons. The van der Waals surface area contributed by atoms with Crippen LogP contribution in [0.3, 0.4) is 0 Å². The molecule has 2 rings (SSSR count). The van der Waals surface area contributed by atoms with Crippen LogP contribution in [0.1, 0.15) is 21.5 Å². The first kappa shape index (κ1) is 14.3. The van der Waals surface area contributed by atoms with Crippen molar-refractivity contribution in [2.24, 2.45) is 0 Å². The molecule has 4 nitrogen and oxygen atoms in total. The van der Waals surface area contributed by atoms with E-state index in [9.17, 15) is 4.79 Å². The van der Waals surface area contributed by atoms with Crippen LogP contribution in [0, 0.1) is 6.92 Å². The Morgan fingerprint density at radius 2 is 2.05 bits per heavy atom. The van der Waals surface area contributed by atoms with E-state index in [1.807, 2.05) is 13.0 Å². The second-order valence-electron chi connectivity index (χ2n) is 4.33. The second kappa shape index (κ2) is 6.39. The third kappa shape index (κ3) is 3.27. The number of rotatable bonds is 4. The number of ether oxygens (including phenoxy) is 1. The lowest BCUT2D eigenvalue weighted by molar-refractivity contribution is 0.0950. The van der Waals surface area contributed by atoms with E-state index in [0.29, 0.717) is 17.1 Å². The van der Waals surface area contributed by atoms with Gasteiger partial charge in [-0.1, -0.05) is 11.6 Å². The highest BCUT2D eigenvalue weighted by Gasteiger charge is 2.10. The zero-order valence-corrected chi connectivity index (χ0v) is 12.1. The lowest BCUT2D eigenvalue weighted by atomic mass is 10.1. The zero-order chi connectivity index (χ0) is 14.5. The van der Waals surface area contributed by atoms with E-state index >= 15 is 0 Å². The topological polar surface area (TPSA) is 51.2 Å². The molecule has 2 aromatic rings. The number of carbonyl (C=O) groups is 1. The van der Waals surface area contributed by atoms with E-state index in [2.05, 4.69) is 10.3 Å². The molecule has 0 aliphatic carbocycles. The third-order valence-corrected chi connectivity index (χ3v) is 3.12. The molecule has 0 fully saturated rings. The van der Waals surface area contributed by atoms with Gasteiger partial charge in [0.2, 0.25) is 0 Å². The maximum absolute atomic E-state index is 12.0. The molecule has 0 saturated heterocycles. The van der Waals surface area contributed by atoms with E-state index in [-0.39, 0.29) is 5.91 Å². The molecule has 1 N–H and O–H groups in total. The fourth-order valence-corrected chi connectivity index (χ4v) is 2.30. The molecular weight excluding hydrogens is 276 g/mol. The molecule has 0 unspecified atom stereocenters. The highest BCUT2D eigenvalue weighted by molar-refractivity contribution is 6.30. The summed E-state index contributed by atoms with van der Waals surface area (Å²) in [7, 11) is 1.60. The van der Waals surface area contributed by atoms with Crippen LogP contribution in [0.2, 0.25) is 5.02 Å². The molecule has 0 saturated carbocycles. The molecule has 0 aliphatic rings. The lowest BCUT2D eigenvalue weighted by Crippen LogP contribution is -2.23. The zero-order valence-electron chi connectivity index (χ0n) is 11.3. The van der Waals surface area contributed by atoms with E-state index < -0.39 is 0 Å². The number of methoxy groups -OCH3 is 1. The van der Waals surface area contributed by atoms with E-state index in [0.717, 1.165) is 16.9 Å². The quantitative estimate of drug-likeness (QED) is 0.942. The first-order chi connectivity index (χ1) is 9.61. The molecular formula is C15H15ClN2O2. The van der Waals surface area contributed by atoms with Gasteiger partial charge in [0.05, 0.1) is 7.11 Å². The molecule has 1 aromatic carbocycles. The van der Waals surface area contributed by atoms with Crippen LogP contribution in [-0.2, 0) is 6.54 Å². The molecule has 0 radical (unpaired) electrons. The van der Waals surface area contributed by atoms with Gasteiger partial charge >= 0.3 is 0 Å².